The van der Waals surface area contributed by atoms with Gasteiger partial charge in [-0.05, 0) is 11.0 Å². The molecule has 1 aromatic rings. The van der Waals surface area contributed by atoms with Gasteiger partial charge in [-0.3, -0.25) is 0 Å². The topological polar surface area (TPSA) is 38.7 Å². The van der Waals surface area contributed by atoms with Gasteiger partial charge in [0.15, 0.2) is 0 Å². The molecule has 0 N–H and O–H groups in total. The van der Waals surface area contributed by atoms with Crippen molar-refractivity contribution in [2.75, 3.05) is 6.61 Å². The minimum Gasteiger partial charge on any atom is -0.447 e. The van der Waals surface area contributed by atoms with Crippen LogP contribution in [-0.4, -0.2) is 18.4 Å². The van der Waals surface area contributed by atoms with Crippen LogP contribution in [-0.2, 0) is 4.74 Å². The van der Waals surface area contributed by atoms with Gasteiger partial charge in [-0.2, -0.15) is 4.99 Å². The van der Waals surface area contributed by atoms with Gasteiger partial charge < -0.3 is 4.74 Å². The van der Waals surface area contributed by atoms with Crippen LogP contribution in [0.15, 0.2) is 35.3 Å². The Bertz CT molecular complexity index is 476. The number of carbonyl (C=O) groups excluding carboxylic acids is 1. The summed E-state index contributed by atoms with van der Waals surface area (Å²) in [5, 5.41) is 0. The molecule has 1 amide bonds. The van der Waals surface area contributed by atoms with Gasteiger partial charge in [-0.1, -0.05) is 71.9 Å². The zero-order valence-electron chi connectivity index (χ0n) is 13.4. The lowest BCUT2D eigenvalue weighted by atomic mass is 9.85. The third kappa shape index (κ3) is 5.55. The summed E-state index contributed by atoms with van der Waals surface area (Å²) in [5.74, 6) is 0. The van der Waals surface area contributed by atoms with Crippen molar-refractivity contribution < 1.29 is 9.53 Å². The van der Waals surface area contributed by atoms with Gasteiger partial charge in [0.05, 0.1) is 12.3 Å². The average molecular weight is 275 g/mol. The first-order valence-corrected chi connectivity index (χ1v) is 6.91. The first kappa shape index (κ1) is 16.4. The molecule has 1 rings (SSSR count). The number of carbonyl (C=O) groups is 1. The van der Waals surface area contributed by atoms with Gasteiger partial charge in [0.2, 0.25) is 0 Å². The van der Waals surface area contributed by atoms with Crippen molar-refractivity contribution in [2.24, 2.45) is 15.8 Å². The fraction of sp³-hybridized carbons (Fsp3) is 0.529. The lowest BCUT2D eigenvalue weighted by molar-refractivity contribution is 0.115. The number of ether oxygens (including phenoxy) is 1. The van der Waals surface area contributed by atoms with Gasteiger partial charge in [0.1, 0.15) is 0 Å². The SMILES string of the molecule is CC(C)(C)COC(=O)N=C(c1ccccc1)C(C)(C)C. The predicted molar refractivity (Wildman–Crippen MR) is 83.2 cm³/mol. The van der Waals surface area contributed by atoms with Crippen LogP contribution in [0.4, 0.5) is 4.79 Å². The van der Waals surface area contributed by atoms with Crippen LogP contribution in [0.1, 0.15) is 47.1 Å². The van der Waals surface area contributed by atoms with E-state index in [4.69, 9.17) is 4.74 Å². The fourth-order valence-corrected chi connectivity index (χ4v) is 1.66. The molecule has 0 aromatic heterocycles. The van der Waals surface area contributed by atoms with Gasteiger partial charge in [0.25, 0.3) is 0 Å². The largest absolute Gasteiger partial charge is 0.447 e. The molecule has 0 radical (unpaired) electrons. The van der Waals surface area contributed by atoms with E-state index in [9.17, 15) is 4.79 Å². The highest BCUT2D eigenvalue weighted by Gasteiger charge is 2.23. The van der Waals surface area contributed by atoms with Crippen LogP contribution in [0.25, 0.3) is 0 Å². The summed E-state index contributed by atoms with van der Waals surface area (Å²) < 4.78 is 5.23. The molecule has 0 spiro atoms. The average Bonchev–Trinajstić information content (AvgIpc) is 2.32. The van der Waals surface area contributed by atoms with Gasteiger partial charge >= 0.3 is 6.09 Å². The summed E-state index contributed by atoms with van der Waals surface area (Å²) in [6.07, 6.45) is -0.520. The Labute approximate surface area is 122 Å². The first-order valence-electron chi connectivity index (χ1n) is 6.91. The molecule has 20 heavy (non-hydrogen) atoms. The van der Waals surface area contributed by atoms with Crippen molar-refractivity contribution >= 4 is 11.8 Å². The van der Waals surface area contributed by atoms with E-state index in [0.717, 1.165) is 11.3 Å². The molecule has 3 heteroatoms. The number of aliphatic imine (C=N–C) groups is 1. The Hall–Kier alpha value is -1.64. The molecule has 0 saturated heterocycles. The van der Waals surface area contributed by atoms with Crippen LogP contribution >= 0.6 is 0 Å². The van der Waals surface area contributed by atoms with Crippen LogP contribution in [0.5, 0.6) is 0 Å². The molecule has 0 unspecified atom stereocenters. The van der Waals surface area contributed by atoms with E-state index in [2.05, 4.69) is 4.99 Å². The Morgan fingerprint density at radius 1 is 1.05 bits per heavy atom. The molecule has 0 aliphatic rings. The van der Waals surface area contributed by atoms with E-state index in [0.29, 0.717) is 6.61 Å². The van der Waals surface area contributed by atoms with E-state index in [1.165, 1.54) is 0 Å². The molecule has 0 atom stereocenters. The van der Waals surface area contributed by atoms with E-state index < -0.39 is 6.09 Å². The Morgan fingerprint density at radius 3 is 2.05 bits per heavy atom. The highest BCUT2D eigenvalue weighted by molar-refractivity contribution is 6.08. The molecule has 0 bridgehead atoms. The minimum atomic E-state index is -0.520. The summed E-state index contributed by atoms with van der Waals surface area (Å²) in [4.78, 5) is 16.1. The molecular weight excluding hydrogens is 250 g/mol. The van der Waals surface area contributed by atoms with E-state index in [1.807, 2.05) is 71.9 Å². The monoisotopic (exact) mass is 275 g/mol. The second kappa shape index (κ2) is 6.21. The molecule has 0 aliphatic heterocycles. The smallest absolute Gasteiger partial charge is 0.433 e. The summed E-state index contributed by atoms with van der Waals surface area (Å²) in [6.45, 7) is 12.5. The first-order chi connectivity index (χ1) is 9.09. The van der Waals surface area contributed by atoms with Crippen molar-refractivity contribution in [1.82, 2.24) is 0 Å². The zero-order valence-corrected chi connectivity index (χ0v) is 13.4. The molecule has 0 saturated carbocycles. The van der Waals surface area contributed by atoms with Crippen molar-refractivity contribution in [1.29, 1.82) is 0 Å². The van der Waals surface area contributed by atoms with Crippen LogP contribution in [0, 0.1) is 10.8 Å². The van der Waals surface area contributed by atoms with Gasteiger partial charge in [-0.15, -0.1) is 0 Å². The van der Waals surface area contributed by atoms with E-state index in [-0.39, 0.29) is 10.8 Å². The quantitative estimate of drug-likeness (QED) is 0.733. The van der Waals surface area contributed by atoms with Crippen molar-refractivity contribution in [3.8, 4) is 0 Å². The highest BCUT2D eigenvalue weighted by Crippen LogP contribution is 2.22. The van der Waals surface area contributed by atoms with Gasteiger partial charge in [-0.25, -0.2) is 4.79 Å². The molecule has 0 fully saturated rings. The summed E-state index contributed by atoms with van der Waals surface area (Å²) in [5.41, 5.74) is 1.42. The maximum absolute atomic E-state index is 11.9. The van der Waals surface area contributed by atoms with E-state index in [1.54, 1.807) is 0 Å². The molecule has 110 valence electrons. The second-order valence-corrected chi connectivity index (χ2v) is 7.19. The van der Waals surface area contributed by atoms with Crippen molar-refractivity contribution in [3.63, 3.8) is 0 Å². The third-order valence-electron chi connectivity index (χ3n) is 2.59. The fourth-order valence-electron chi connectivity index (χ4n) is 1.66. The summed E-state index contributed by atoms with van der Waals surface area (Å²) >= 11 is 0. The minimum absolute atomic E-state index is 0.0557. The highest BCUT2D eigenvalue weighted by atomic mass is 16.5. The zero-order chi connectivity index (χ0) is 15.4. The van der Waals surface area contributed by atoms with Crippen LogP contribution in [0.3, 0.4) is 0 Å². The molecule has 0 aliphatic carbocycles. The molecule has 1 aromatic carbocycles. The van der Waals surface area contributed by atoms with Crippen molar-refractivity contribution in [3.05, 3.63) is 35.9 Å². The standard InChI is InChI=1S/C17H25NO2/c1-16(2,3)12-20-15(19)18-14(17(4,5)6)13-10-8-7-9-11-13/h7-11H,12H2,1-6H3. The summed E-state index contributed by atoms with van der Waals surface area (Å²) in [6, 6.07) is 9.75. The Balaban J connectivity index is 2.96. The number of amides is 1. The van der Waals surface area contributed by atoms with Gasteiger partial charge in [0, 0.05) is 5.41 Å². The number of hydrogen-bond donors (Lipinski definition) is 0. The number of hydrogen-bond acceptors (Lipinski definition) is 2. The van der Waals surface area contributed by atoms with Crippen molar-refractivity contribution in [2.45, 2.75) is 41.5 Å². The van der Waals surface area contributed by atoms with Crippen LogP contribution in [0.2, 0.25) is 0 Å². The maximum atomic E-state index is 11.9. The Morgan fingerprint density at radius 2 is 1.60 bits per heavy atom. The normalized spacial score (nSPS) is 13.2. The predicted octanol–water partition coefficient (Wildman–Crippen LogP) is 4.70. The Kier molecular flexibility index (Phi) is 5.09. The number of benzene rings is 1. The third-order valence-corrected chi connectivity index (χ3v) is 2.59. The number of nitrogens with zero attached hydrogens (tertiary/aromatic N) is 1. The van der Waals surface area contributed by atoms with E-state index >= 15 is 0 Å². The lowest BCUT2D eigenvalue weighted by Crippen LogP contribution is -2.24. The van der Waals surface area contributed by atoms with Crippen LogP contribution < -0.4 is 0 Å². The molecule has 0 heterocycles. The lowest BCUT2D eigenvalue weighted by Gasteiger charge is -2.22. The number of rotatable bonds is 2. The maximum Gasteiger partial charge on any atom is 0.433 e. The molecular formula is C17H25NO2. The molecule has 3 nitrogen and oxygen atoms in total. The summed E-state index contributed by atoms with van der Waals surface area (Å²) in [7, 11) is 0. The second-order valence-electron chi connectivity index (χ2n) is 7.19.